The summed E-state index contributed by atoms with van der Waals surface area (Å²) in [5, 5.41) is 6.88. The fourth-order valence-electron chi connectivity index (χ4n) is 1.49. The van der Waals surface area contributed by atoms with Crippen LogP contribution in [0, 0.1) is 6.92 Å². The number of aromatic nitrogens is 1. The van der Waals surface area contributed by atoms with Crippen molar-refractivity contribution in [3.8, 4) is 0 Å². The van der Waals surface area contributed by atoms with Gasteiger partial charge >= 0.3 is 0 Å². The third kappa shape index (κ3) is 2.81. The highest BCUT2D eigenvalue weighted by Crippen LogP contribution is 2.17. The van der Waals surface area contributed by atoms with Gasteiger partial charge < -0.3 is 15.6 Å². The molecule has 0 bridgehead atoms. The first kappa shape index (κ1) is 12.4. The summed E-state index contributed by atoms with van der Waals surface area (Å²) in [5.41, 5.74) is 7.20. The van der Waals surface area contributed by atoms with Crippen LogP contribution in [0.3, 0.4) is 0 Å². The molecule has 0 atom stereocenters. The average Bonchev–Trinajstić information content (AvgIpc) is 2.75. The zero-order valence-corrected chi connectivity index (χ0v) is 10.5. The number of anilines is 1. The lowest BCUT2D eigenvalue weighted by Gasteiger charge is -2.06. The molecule has 5 nitrogen and oxygen atoms in total. The van der Waals surface area contributed by atoms with E-state index in [0.717, 1.165) is 5.69 Å². The van der Waals surface area contributed by atoms with Crippen molar-refractivity contribution in [3.05, 3.63) is 46.3 Å². The smallest absolute Gasteiger partial charge is 0.253 e. The van der Waals surface area contributed by atoms with E-state index in [1.165, 1.54) is 6.07 Å². The lowest BCUT2D eigenvalue weighted by molar-refractivity contribution is 0.0948. The summed E-state index contributed by atoms with van der Waals surface area (Å²) in [6.07, 6.45) is 0. The Balaban J connectivity index is 2.05. The van der Waals surface area contributed by atoms with Crippen molar-refractivity contribution >= 4 is 23.2 Å². The number of hydrogen-bond acceptors (Lipinski definition) is 4. The van der Waals surface area contributed by atoms with Crippen LogP contribution >= 0.6 is 11.6 Å². The van der Waals surface area contributed by atoms with Gasteiger partial charge in [0.25, 0.3) is 5.91 Å². The molecule has 1 heterocycles. The third-order valence-electron chi connectivity index (χ3n) is 2.36. The molecule has 3 N–H and O–H groups in total. The van der Waals surface area contributed by atoms with Crippen LogP contribution < -0.4 is 11.1 Å². The molecular weight excluding hydrogens is 254 g/mol. The van der Waals surface area contributed by atoms with E-state index < -0.39 is 0 Å². The molecule has 0 spiro atoms. The quantitative estimate of drug-likeness (QED) is 0.833. The normalized spacial score (nSPS) is 10.3. The Labute approximate surface area is 109 Å². The second kappa shape index (κ2) is 5.10. The second-order valence-corrected chi connectivity index (χ2v) is 4.29. The molecule has 0 fully saturated rings. The molecule has 0 saturated carbocycles. The summed E-state index contributed by atoms with van der Waals surface area (Å²) in [6.45, 7) is 2.06. The monoisotopic (exact) mass is 265 g/mol. The van der Waals surface area contributed by atoms with Gasteiger partial charge in [-0.05, 0) is 25.1 Å². The molecule has 0 saturated heterocycles. The summed E-state index contributed by atoms with van der Waals surface area (Å²) < 4.78 is 4.98. The summed E-state index contributed by atoms with van der Waals surface area (Å²) in [5.74, 6) is 0.283. The number of rotatable bonds is 3. The molecule has 0 unspecified atom stereocenters. The fraction of sp³-hybridized carbons (Fsp3) is 0.167. The number of carbonyl (C=O) groups excluding carboxylic acids is 1. The summed E-state index contributed by atoms with van der Waals surface area (Å²) in [4.78, 5) is 11.9. The minimum atomic E-state index is -0.302. The van der Waals surface area contributed by atoms with Gasteiger partial charge in [0.05, 0.1) is 17.8 Å². The van der Waals surface area contributed by atoms with Gasteiger partial charge in [-0.2, -0.15) is 0 Å². The van der Waals surface area contributed by atoms with E-state index in [0.29, 0.717) is 22.0 Å². The number of amides is 1. The highest BCUT2D eigenvalue weighted by Gasteiger charge is 2.11. The van der Waals surface area contributed by atoms with Crippen LogP contribution in [-0.2, 0) is 6.54 Å². The standard InChI is InChI=1S/C12H12ClN3O2/c1-7-4-9(18-16-7)6-15-12(17)10-5-8(13)2-3-11(10)14/h2-5H,6,14H2,1H3,(H,15,17). The number of benzene rings is 1. The maximum absolute atomic E-state index is 11.9. The van der Waals surface area contributed by atoms with Crippen molar-refractivity contribution in [2.24, 2.45) is 0 Å². The van der Waals surface area contributed by atoms with Gasteiger partial charge in [0.1, 0.15) is 0 Å². The van der Waals surface area contributed by atoms with Gasteiger partial charge in [-0.25, -0.2) is 0 Å². The van der Waals surface area contributed by atoms with Crippen LogP contribution in [0.15, 0.2) is 28.8 Å². The van der Waals surface area contributed by atoms with Crippen molar-refractivity contribution in [2.75, 3.05) is 5.73 Å². The number of aryl methyl sites for hydroxylation is 1. The summed E-state index contributed by atoms with van der Waals surface area (Å²) in [7, 11) is 0. The number of nitrogens with two attached hydrogens (primary N) is 1. The number of halogens is 1. The molecule has 18 heavy (non-hydrogen) atoms. The Bertz CT molecular complexity index is 580. The summed E-state index contributed by atoms with van der Waals surface area (Å²) in [6, 6.07) is 6.50. The third-order valence-corrected chi connectivity index (χ3v) is 2.60. The Morgan fingerprint density at radius 2 is 2.28 bits per heavy atom. The highest BCUT2D eigenvalue weighted by atomic mass is 35.5. The molecule has 94 valence electrons. The molecule has 1 amide bonds. The van der Waals surface area contributed by atoms with E-state index in [9.17, 15) is 4.79 Å². The Morgan fingerprint density at radius 1 is 1.50 bits per heavy atom. The van der Waals surface area contributed by atoms with Crippen molar-refractivity contribution in [1.29, 1.82) is 0 Å². The lowest BCUT2D eigenvalue weighted by atomic mass is 10.1. The van der Waals surface area contributed by atoms with E-state index >= 15 is 0 Å². The minimum Gasteiger partial charge on any atom is -0.398 e. The molecule has 1 aromatic carbocycles. The van der Waals surface area contributed by atoms with E-state index in [1.807, 2.05) is 6.92 Å². The molecule has 0 radical (unpaired) electrons. The minimum absolute atomic E-state index is 0.256. The van der Waals surface area contributed by atoms with E-state index in [-0.39, 0.29) is 12.5 Å². The Hall–Kier alpha value is -2.01. The SMILES string of the molecule is Cc1cc(CNC(=O)c2cc(Cl)ccc2N)on1. The van der Waals surface area contributed by atoms with E-state index in [2.05, 4.69) is 10.5 Å². The van der Waals surface area contributed by atoms with Gasteiger partial charge in [-0.1, -0.05) is 16.8 Å². The number of carbonyl (C=O) groups is 1. The first-order valence-electron chi connectivity index (χ1n) is 5.31. The second-order valence-electron chi connectivity index (χ2n) is 3.85. The molecule has 0 aliphatic heterocycles. The topological polar surface area (TPSA) is 81.2 Å². The predicted molar refractivity (Wildman–Crippen MR) is 68.3 cm³/mol. The van der Waals surface area contributed by atoms with E-state index in [4.69, 9.17) is 21.9 Å². The predicted octanol–water partition coefficient (Wildman–Crippen LogP) is 2.15. The Kier molecular flexibility index (Phi) is 3.53. The van der Waals surface area contributed by atoms with Crippen molar-refractivity contribution in [2.45, 2.75) is 13.5 Å². The lowest BCUT2D eigenvalue weighted by Crippen LogP contribution is -2.23. The molecule has 2 aromatic rings. The molecular formula is C12H12ClN3O2. The molecule has 0 aliphatic carbocycles. The van der Waals surface area contributed by atoms with Gasteiger partial charge in [-0.15, -0.1) is 0 Å². The molecule has 1 aromatic heterocycles. The van der Waals surface area contributed by atoms with Crippen LogP contribution in [0.1, 0.15) is 21.8 Å². The van der Waals surface area contributed by atoms with Crippen molar-refractivity contribution < 1.29 is 9.32 Å². The van der Waals surface area contributed by atoms with Crippen molar-refractivity contribution in [3.63, 3.8) is 0 Å². The van der Waals surface area contributed by atoms with E-state index in [1.54, 1.807) is 18.2 Å². The zero-order chi connectivity index (χ0) is 13.1. The maximum atomic E-state index is 11.9. The van der Waals surface area contributed by atoms with Crippen LogP contribution in [-0.4, -0.2) is 11.1 Å². The highest BCUT2D eigenvalue weighted by molar-refractivity contribution is 6.31. The average molecular weight is 266 g/mol. The van der Waals surface area contributed by atoms with Crippen LogP contribution in [0.2, 0.25) is 5.02 Å². The molecule has 0 aliphatic rings. The van der Waals surface area contributed by atoms with Gasteiger partial charge in [0.15, 0.2) is 5.76 Å². The largest absolute Gasteiger partial charge is 0.398 e. The zero-order valence-electron chi connectivity index (χ0n) is 9.74. The maximum Gasteiger partial charge on any atom is 0.253 e. The number of hydrogen-bond donors (Lipinski definition) is 2. The summed E-state index contributed by atoms with van der Waals surface area (Å²) >= 11 is 5.82. The van der Waals surface area contributed by atoms with Crippen LogP contribution in [0.25, 0.3) is 0 Å². The van der Waals surface area contributed by atoms with Crippen LogP contribution in [0.4, 0.5) is 5.69 Å². The molecule has 2 rings (SSSR count). The van der Waals surface area contributed by atoms with Gasteiger partial charge in [0.2, 0.25) is 0 Å². The van der Waals surface area contributed by atoms with Gasteiger partial charge in [-0.3, -0.25) is 4.79 Å². The first-order valence-corrected chi connectivity index (χ1v) is 5.69. The molecule has 6 heteroatoms. The van der Waals surface area contributed by atoms with Gasteiger partial charge in [0, 0.05) is 16.8 Å². The van der Waals surface area contributed by atoms with Crippen LogP contribution in [0.5, 0.6) is 0 Å². The fourth-order valence-corrected chi connectivity index (χ4v) is 1.66. The number of nitrogens with zero attached hydrogens (tertiary/aromatic N) is 1. The Morgan fingerprint density at radius 3 is 2.94 bits per heavy atom. The van der Waals surface area contributed by atoms with Crippen molar-refractivity contribution in [1.82, 2.24) is 10.5 Å². The first-order chi connectivity index (χ1) is 8.56. The number of nitrogens with one attached hydrogen (secondary N) is 1. The number of nitrogen functional groups attached to an aromatic ring is 1.